The summed E-state index contributed by atoms with van der Waals surface area (Å²) in [7, 11) is 1.58. The van der Waals surface area contributed by atoms with Crippen LogP contribution in [-0.4, -0.2) is 18.0 Å². The standard InChI is InChI=1S/C18H17N3O3S/c1-23-14-6-2-3-7-15(14)24-18-12(5-4-9-20-18)11-21-17(22)16-13(19)8-10-25-16/h2-10H,11,19H2,1H3,(H,21,22). The zero-order valence-electron chi connectivity index (χ0n) is 13.6. The number of nitrogens with one attached hydrogen (secondary N) is 1. The number of nitrogen functional groups attached to an aromatic ring is 1. The predicted octanol–water partition coefficient (Wildman–Crippen LogP) is 3.46. The van der Waals surface area contributed by atoms with Crippen LogP contribution in [-0.2, 0) is 6.54 Å². The maximum absolute atomic E-state index is 12.2. The largest absolute Gasteiger partial charge is 0.493 e. The summed E-state index contributed by atoms with van der Waals surface area (Å²) >= 11 is 1.30. The highest BCUT2D eigenvalue weighted by Crippen LogP contribution is 2.31. The molecule has 0 atom stereocenters. The molecule has 0 unspecified atom stereocenters. The number of amides is 1. The highest BCUT2D eigenvalue weighted by molar-refractivity contribution is 7.12. The second kappa shape index (κ2) is 7.67. The van der Waals surface area contributed by atoms with E-state index in [0.29, 0.717) is 27.9 Å². The average molecular weight is 355 g/mol. The van der Waals surface area contributed by atoms with E-state index >= 15 is 0 Å². The Balaban J connectivity index is 1.75. The number of para-hydroxylation sites is 2. The Morgan fingerprint density at radius 2 is 2.00 bits per heavy atom. The summed E-state index contributed by atoms with van der Waals surface area (Å²) in [5.74, 6) is 1.35. The van der Waals surface area contributed by atoms with E-state index in [1.54, 1.807) is 43.0 Å². The van der Waals surface area contributed by atoms with Gasteiger partial charge in [0.2, 0.25) is 5.88 Å². The van der Waals surface area contributed by atoms with Crippen molar-refractivity contribution < 1.29 is 14.3 Å². The van der Waals surface area contributed by atoms with E-state index in [1.807, 2.05) is 18.2 Å². The van der Waals surface area contributed by atoms with E-state index < -0.39 is 0 Å². The van der Waals surface area contributed by atoms with Gasteiger partial charge in [-0.1, -0.05) is 18.2 Å². The van der Waals surface area contributed by atoms with Crippen LogP contribution >= 0.6 is 11.3 Å². The molecule has 0 fully saturated rings. The Labute approximate surface area is 149 Å². The first-order valence-electron chi connectivity index (χ1n) is 7.55. The van der Waals surface area contributed by atoms with Gasteiger partial charge in [0.05, 0.1) is 12.8 Å². The minimum Gasteiger partial charge on any atom is -0.493 e. The minimum absolute atomic E-state index is 0.223. The van der Waals surface area contributed by atoms with Gasteiger partial charge in [-0.3, -0.25) is 4.79 Å². The van der Waals surface area contributed by atoms with E-state index in [9.17, 15) is 4.79 Å². The van der Waals surface area contributed by atoms with Crippen LogP contribution in [0.2, 0.25) is 0 Å². The Bertz CT molecular complexity index is 879. The lowest BCUT2D eigenvalue weighted by atomic mass is 10.2. The van der Waals surface area contributed by atoms with Gasteiger partial charge in [-0.25, -0.2) is 4.98 Å². The Morgan fingerprint density at radius 1 is 1.20 bits per heavy atom. The van der Waals surface area contributed by atoms with Crippen LogP contribution in [0.15, 0.2) is 54.0 Å². The van der Waals surface area contributed by atoms with Crippen LogP contribution in [0.5, 0.6) is 17.4 Å². The second-order valence-corrected chi connectivity index (χ2v) is 6.02. The van der Waals surface area contributed by atoms with Crippen molar-refractivity contribution in [2.75, 3.05) is 12.8 Å². The molecule has 1 amide bonds. The maximum atomic E-state index is 12.2. The molecule has 128 valence electrons. The third kappa shape index (κ3) is 3.89. The fourth-order valence-corrected chi connectivity index (χ4v) is 2.95. The normalized spacial score (nSPS) is 10.3. The second-order valence-electron chi connectivity index (χ2n) is 5.11. The van der Waals surface area contributed by atoms with Crippen molar-refractivity contribution in [1.82, 2.24) is 10.3 Å². The topological polar surface area (TPSA) is 86.5 Å². The molecule has 0 aliphatic rings. The molecule has 0 radical (unpaired) electrons. The molecule has 3 rings (SSSR count). The van der Waals surface area contributed by atoms with Gasteiger partial charge >= 0.3 is 0 Å². The van der Waals surface area contributed by atoms with Crippen molar-refractivity contribution in [3.05, 3.63) is 64.5 Å². The molecule has 2 aromatic heterocycles. The van der Waals surface area contributed by atoms with Crippen molar-refractivity contribution in [3.8, 4) is 17.4 Å². The molecule has 0 bridgehead atoms. The predicted molar refractivity (Wildman–Crippen MR) is 97.2 cm³/mol. The number of methoxy groups -OCH3 is 1. The number of rotatable bonds is 6. The molecule has 0 aliphatic heterocycles. The van der Waals surface area contributed by atoms with Crippen LogP contribution in [0.4, 0.5) is 5.69 Å². The van der Waals surface area contributed by atoms with Gasteiger partial charge < -0.3 is 20.5 Å². The molecule has 25 heavy (non-hydrogen) atoms. The SMILES string of the molecule is COc1ccccc1Oc1ncccc1CNC(=O)c1sccc1N. The maximum Gasteiger partial charge on any atom is 0.263 e. The lowest BCUT2D eigenvalue weighted by Gasteiger charge is -2.12. The number of anilines is 1. The fraction of sp³-hybridized carbons (Fsp3) is 0.111. The number of thiophene rings is 1. The lowest BCUT2D eigenvalue weighted by Crippen LogP contribution is -2.23. The molecule has 0 aliphatic carbocycles. The van der Waals surface area contributed by atoms with E-state index in [1.165, 1.54) is 11.3 Å². The third-order valence-corrected chi connectivity index (χ3v) is 4.40. The molecule has 1 aromatic carbocycles. The Morgan fingerprint density at radius 3 is 2.72 bits per heavy atom. The Hall–Kier alpha value is -3.06. The molecule has 3 N–H and O–H groups in total. The first kappa shape index (κ1) is 16.8. The minimum atomic E-state index is -0.223. The number of nitrogens with zero attached hydrogens (tertiary/aromatic N) is 1. The molecular formula is C18H17N3O3S. The van der Waals surface area contributed by atoms with Gasteiger partial charge in [0, 0.05) is 18.3 Å². The number of aromatic nitrogens is 1. The van der Waals surface area contributed by atoms with Crippen molar-refractivity contribution in [2.24, 2.45) is 0 Å². The van der Waals surface area contributed by atoms with Gasteiger partial charge in [-0.05, 0) is 29.6 Å². The van der Waals surface area contributed by atoms with Crippen LogP contribution < -0.4 is 20.5 Å². The van der Waals surface area contributed by atoms with Gasteiger partial charge in [0.25, 0.3) is 5.91 Å². The van der Waals surface area contributed by atoms with Crippen LogP contribution in [0.25, 0.3) is 0 Å². The molecule has 0 spiro atoms. The fourth-order valence-electron chi connectivity index (χ4n) is 2.22. The summed E-state index contributed by atoms with van der Waals surface area (Å²) < 4.78 is 11.2. The van der Waals surface area contributed by atoms with Crippen LogP contribution in [0.1, 0.15) is 15.2 Å². The quantitative estimate of drug-likeness (QED) is 0.707. The van der Waals surface area contributed by atoms with E-state index in [2.05, 4.69) is 10.3 Å². The number of carbonyl (C=O) groups is 1. The molecular weight excluding hydrogens is 338 g/mol. The highest BCUT2D eigenvalue weighted by atomic mass is 32.1. The molecule has 0 saturated carbocycles. The summed E-state index contributed by atoms with van der Waals surface area (Å²) in [5.41, 5.74) is 6.99. The zero-order valence-corrected chi connectivity index (χ0v) is 14.4. The molecule has 3 aromatic rings. The number of carbonyl (C=O) groups excluding carboxylic acids is 1. The number of pyridine rings is 1. The smallest absolute Gasteiger partial charge is 0.263 e. The van der Waals surface area contributed by atoms with Gasteiger partial charge in [0.1, 0.15) is 4.88 Å². The number of nitrogens with two attached hydrogens (primary N) is 1. The highest BCUT2D eigenvalue weighted by Gasteiger charge is 2.13. The first-order chi connectivity index (χ1) is 12.2. The van der Waals surface area contributed by atoms with Gasteiger partial charge in [-0.2, -0.15) is 0 Å². The van der Waals surface area contributed by atoms with Crippen molar-refractivity contribution in [1.29, 1.82) is 0 Å². The van der Waals surface area contributed by atoms with E-state index in [4.69, 9.17) is 15.2 Å². The Kier molecular flexibility index (Phi) is 5.15. The van der Waals surface area contributed by atoms with E-state index in [0.717, 1.165) is 5.56 Å². The number of benzene rings is 1. The summed E-state index contributed by atoms with van der Waals surface area (Å²) in [6, 6.07) is 12.6. The average Bonchev–Trinajstić information content (AvgIpc) is 3.07. The van der Waals surface area contributed by atoms with Crippen molar-refractivity contribution in [2.45, 2.75) is 6.54 Å². The summed E-state index contributed by atoms with van der Waals surface area (Å²) in [6.45, 7) is 0.272. The first-order valence-corrected chi connectivity index (χ1v) is 8.43. The van der Waals surface area contributed by atoms with Crippen molar-refractivity contribution in [3.63, 3.8) is 0 Å². The number of hydrogen-bond acceptors (Lipinski definition) is 6. The molecule has 2 heterocycles. The number of hydrogen-bond donors (Lipinski definition) is 2. The summed E-state index contributed by atoms with van der Waals surface area (Å²) in [5, 5.41) is 4.62. The zero-order chi connectivity index (χ0) is 17.6. The van der Waals surface area contributed by atoms with E-state index in [-0.39, 0.29) is 12.5 Å². The van der Waals surface area contributed by atoms with Gasteiger partial charge in [0.15, 0.2) is 11.5 Å². The van der Waals surface area contributed by atoms with Crippen molar-refractivity contribution >= 4 is 22.9 Å². The summed E-state index contributed by atoms with van der Waals surface area (Å²) in [6.07, 6.45) is 1.63. The molecule has 0 saturated heterocycles. The third-order valence-electron chi connectivity index (χ3n) is 3.47. The van der Waals surface area contributed by atoms with Crippen LogP contribution in [0, 0.1) is 0 Å². The lowest BCUT2D eigenvalue weighted by molar-refractivity contribution is 0.0955. The molecule has 7 heteroatoms. The van der Waals surface area contributed by atoms with Gasteiger partial charge in [-0.15, -0.1) is 11.3 Å². The monoisotopic (exact) mass is 355 g/mol. The van der Waals surface area contributed by atoms with Crippen LogP contribution in [0.3, 0.4) is 0 Å². The molecule has 6 nitrogen and oxygen atoms in total. The number of ether oxygens (including phenoxy) is 2. The summed E-state index contributed by atoms with van der Waals surface area (Å²) in [4.78, 5) is 17.0.